The molecule has 0 amide bonds. The van der Waals surface area contributed by atoms with Gasteiger partial charge in [0.15, 0.2) is 0 Å². The Kier molecular flexibility index (Phi) is 2.18. The lowest BCUT2D eigenvalue weighted by molar-refractivity contribution is 2.02. The monoisotopic (exact) mass is 232 g/mol. The van der Waals surface area contributed by atoms with Gasteiger partial charge in [-0.3, -0.25) is 0 Å². The summed E-state index contributed by atoms with van der Waals surface area (Å²) in [7, 11) is 0. The largest absolute Gasteiger partial charge is 0.337 e. The van der Waals surface area contributed by atoms with Gasteiger partial charge in [-0.25, -0.2) is 0 Å². The van der Waals surface area contributed by atoms with E-state index < -0.39 is 0 Å². The first-order valence-electron chi connectivity index (χ1n) is 2.22. The zero-order valence-electron chi connectivity index (χ0n) is 4.07. The highest BCUT2D eigenvalue weighted by Gasteiger charge is 2.08. The van der Waals surface area contributed by atoms with Crippen LogP contribution in [0.1, 0.15) is 0 Å². The molecule has 0 aliphatic heterocycles. The molecule has 0 bridgehead atoms. The van der Waals surface area contributed by atoms with Crippen LogP contribution >= 0.6 is 31.5 Å². The minimum absolute atomic E-state index is 0.255. The average molecular weight is 234 g/mol. The average Bonchev–Trinajstić information content (AvgIpc) is 2.12. The maximum absolute atomic E-state index is 3.35. The normalized spacial score (nSPS) is 14.5. The zero-order valence-corrected chi connectivity index (χ0v) is 7.24. The Morgan fingerprint density at radius 3 is 2.50 bits per heavy atom. The third-order valence-electron chi connectivity index (χ3n) is 0.857. The first-order chi connectivity index (χ1) is 3.80. The van der Waals surface area contributed by atoms with Gasteiger partial charge in [-0.05, 0) is 11.5 Å². The summed E-state index contributed by atoms with van der Waals surface area (Å²) in [5, 5.41) is 0. The van der Waals surface area contributed by atoms with E-state index in [1.54, 1.807) is 0 Å². The van der Waals surface area contributed by atoms with Gasteiger partial charge in [0.05, 0.1) is 0 Å². The molecule has 8 heavy (non-hydrogen) atoms. The van der Waals surface area contributed by atoms with Gasteiger partial charge >= 0.3 is 4.36 Å². The third-order valence-corrected chi connectivity index (χ3v) is 1.84. The standard InChI is InChI=1S/C5H3BBr2/c7-6(8)5-3-1-2-4-5/h1-3H. The molecule has 3 heteroatoms. The summed E-state index contributed by atoms with van der Waals surface area (Å²) >= 11 is 6.69. The molecule has 1 aliphatic carbocycles. The van der Waals surface area contributed by atoms with Gasteiger partial charge in [0.2, 0.25) is 0 Å². The van der Waals surface area contributed by atoms with Gasteiger partial charge in [-0.15, -0.1) is 37.2 Å². The van der Waals surface area contributed by atoms with Crippen LogP contribution in [0, 0.1) is 0 Å². The SMILES string of the molecule is BrB(Br)C1=C=CC=C1. The van der Waals surface area contributed by atoms with E-state index in [4.69, 9.17) is 0 Å². The fourth-order valence-corrected chi connectivity index (χ4v) is 1.05. The summed E-state index contributed by atoms with van der Waals surface area (Å²) in [5.74, 6) is 0. The van der Waals surface area contributed by atoms with Crippen LogP contribution in [-0.4, -0.2) is 4.36 Å². The molecule has 0 aromatic rings. The van der Waals surface area contributed by atoms with E-state index in [1.165, 1.54) is 0 Å². The Bertz CT molecular complexity index is 175. The summed E-state index contributed by atoms with van der Waals surface area (Å²) in [6.45, 7) is 0. The maximum atomic E-state index is 3.35. The molecule has 0 saturated heterocycles. The van der Waals surface area contributed by atoms with Crippen molar-refractivity contribution in [2.24, 2.45) is 0 Å². The number of hydrogen-bond donors (Lipinski definition) is 0. The molecule has 0 fully saturated rings. The van der Waals surface area contributed by atoms with Crippen LogP contribution < -0.4 is 0 Å². The molecule has 0 N–H and O–H groups in total. The molecule has 0 aromatic heterocycles. The Balaban J connectivity index is 2.74. The predicted molar refractivity (Wildman–Crippen MR) is 44.3 cm³/mol. The molecule has 0 spiro atoms. The molecule has 1 rings (SSSR count). The van der Waals surface area contributed by atoms with Gasteiger partial charge in [0.1, 0.15) is 0 Å². The highest BCUT2D eigenvalue weighted by Crippen LogP contribution is 2.16. The molecule has 0 aromatic carbocycles. The van der Waals surface area contributed by atoms with Crippen molar-refractivity contribution in [3.63, 3.8) is 0 Å². The Labute approximate surface area is 65.4 Å². The van der Waals surface area contributed by atoms with E-state index in [-0.39, 0.29) is 4.36 Å². The molecular formula is C5H3BBr2. The van der Waals surface area contributed by atoms with Crippen molar-refractivity contribution in [1.82, 2.24) is 0 Å². The second-order valence-electron chi connectivity index (χ2n) is 1.43. The van der Waals surface area contributed by atoms with Gasteiger partial charge in [-0.1, -0.05) is 12.2 Å². The van der Waals surface area contributed by atoms with Crippen LogP contribution in [0.4, 0.5) is 0 Å². The van der Waals surface area contributed by atoms with Gasteiger partial charge in [0, 0.05) is 0 Å². The smallest absolute Gasteiger partial charge is 0.132 e. The summed E-state index contributed by atoms with van der Waals surface area (Å²) < 4.78 is 0.255. The number of hydrogen-bond acceptors (Lipinski definition) is 0. The van der Waals surface area contributed by atoms with E-state index in [2.05, 4.69) is 37.2 Å². The van der Waals surface area contributed by atoms with Crippen molar-refractivity contribution >= 4 is 35.9 Å². The zero-order chi connectivity index (χ0) is 5.98. The van der Waals surface area contributed by atoms with Crippen molar-refractivity contribution in [3.05, 3.63) is 29.4 Å². The van der Waals surface area contributed by atoms with Crippen LogP contribution in [0.3, 0.4) is 0 Å². The van der Waals surface area contributed by atoms with Crippen LogP contribution in [0.2, 0.25) is 0 Å². The molecule has 1 aliphatic rings. The third kappa shape index (κ3) is 1.38. The van der Waals surface area contributed by atoms with Crippen LogP contribution in [0.15, 0.2) is 29.4 Å². The van der Waals surface area contributed by atoms with Gasteiger partial charge in [-0.2, -0.15) is 0 Å². The maximum Gasteiger partial charge on any atom is 0.337 e. The van der Waals surface area contributed by atoms with E-state index >= 15 is 0 Å². The number of halogens is 2. The first kappa shape index (κ1) is 6.41. The molecule has 0 nitrogen and oxygen atoms in total. The molecule has 0 heterocycles. The lowest BCUT2D eigenvalue weighted by atomic mass is 9.97. The summed E-state index contributed by atoms with van der Waals surface area (Å²) in [4.78, 5) is 0. The van der Waals surface area contributed by atoms with Crippen molar-refractivity contribution < 1.29 is 0 Å². The highest BCUT2D eigenvalue weighted by molar-refractivity contribution is 9.49. The van der Waals surface area contributed by atoms with Crippen LogP contribution in [0.25, 0.3) is 0 Å². The molecule has 0 unspecified atom stereocenters. The van der Waals surface area contributed by atoms with Crippen LogP contribution in [0.5, 0.6) is 0 Å². The summed E-state index contributed by atoms with van der Waals surface area (Å²) in [6.07, 6.45) is 5.86. The topological polar surface area (TPSA) is 0 Å². The second-order valence-corrected chi connectivity index (χ2v) is 4.49. The van der Waals surface area contributed by atoms with E-state index in [1.807, 2.05) is 18.2 Å². The van der Waals surface area contributed by atoms with E-state index in [9.17, 15) is 0 Å². The van der Waals surface area contributed by atoms with Gasteiger partial charge in [0.25, 0.3) is 0 Å². The number of allylic oxidation sites excluding steroid dienone is 3. The fraction of sp³-hybridized carbons (Fsp3) is 0. The van der Waals surface area contributed by atoms with Crippen molar-refractivity contribution in [2.45, 2.75) is 0 Å². The van der Waals surface area contributed by atoms with Gasteiger partial charge < -0.3 is 0 Å². The minimum Gasteiger partial charge on any atom is -0.132 e. The lowest BCUT2D eigenvalue weighted by Crippen LogP contribution is -1.90. The number of rotatable bonds is 1. The fourth-order valence-electron chi connectivity index (χ4n) is 0.480. The van der Waals surface area contributed by atoms with Crippen molar-refractivity contribution in [1.29, 1.82) is 0 Å². The highest BCUT2D eigenvalue weighted by atomic mass is 79.9. The summed E-state index contributed by atoms with van der Waals surface area (Å²) in [6, 6.07) is 0. The predicted octanol–water partition coefficient (Wildman–Crippen LogP) is 2.45. The molecule has 40 valence electrons. The Morgan fingerprint density at radius 1 is 1.50 bits per heavy atom. The van der Waals surface area contributed by atoms with Crippen molar-refractivity contribution in [3.8, 4) is 0 Å². The first-order valence-corrected chi connectivity index (χ1v) is 4.05. The van der Waals surface area contributed by atoms with Crippen LogP contribution in [-0.2, 0) is 0 Å². The molecule has 0 radical (unpaired) electrons. The van der Waals surface area contributed by atoms with Crippen molar-refractivity contribution in [2.75, 3.05) is 0 Å². The molecule has 0 saturated carbocycles. The molecule has 0 atom stereocenters. The summed E-state index contributed by atoms with van der Waals surface area (Å²) in [5.41, 5.74) is 4.19. The van der Waals surface area contributed by atoms with E-state index in [0.29, 0.717) is 0 Å². The second kappa shape index (κ2) is 2.72. The Morgan fingerprint density at radius 2 is 2.25 bits per heavy atom. The molecular weight excluding hydrogens is 231 g/mol. The minimum atomic E-state index is 0.255. The quantitative estimate of drug-likeness (QED) is 0.482. The van der Waals surface area contributed by atoms with E-state index in [0.717, 1.165) is 5.47 Å². The Hall–Kier alpha value is 0.285. The lowest BCUT2D eigenvalue weighted by Gasteiger charge is -1.88.